The minimum absolute atomic E-state index is 0.380. The average molecular weight is 389 g/mol. The highest BCUT2D eigenvalue weighted by atomic mass is 79.9. The van der Waals surface area contributed by atoms with Gasteiger partial charge in [-0.05, 0) is 46.6 Å². The van der Waals surface area contributed by atoms with Gasteiger partial charge in [0.25, 0.3) is 0 Å². The van der Waals surface area contributed by atoms with Crippen molar-refractivity contribution in [3.63, 3.8) is 0 Å². The maximum atomic E-state index is 3.62. The van der Waals surface area contributed by atoms with E-state index in [1.165, 1.54) is 14.9 Å². The molecule has 1 atom stereocenters. The van der Waals surface area contributed by atoms with Gasteiger partial charge < -0.3 is 5.32 Å². The van der Waals surface area contributed by atoms with Crippen LogP contribution in [0.2, 0.25) is 0 Å². The molecule has 18 heavy (non-hydrogen) atoms. The van der Waals surface area contributed by atoms with Crippen LogP contribution in [0.15, 0.2) is 44.7 Å². The lowest BCUT2D eigenvalue weighted by Crippen LogP contribution is -2.22. The number of likely N-dealkylation sites (N-methyl/N-ethyl adjacent to an activating group) is 1. The van der Waals surface area contributed by atoms with Crippen LogP contribution in [0.25, 0.3) is 0 Å². The van der Waals surface area contributed by atoms with Gasteiger partial charge >= 0.3 is 0 Å². The largest absolute Gasteiger partial charge is 0.309 e. The highest BCUT2D eigenvalue weighted by molar-refractivity contribution is 9.10. The van der Waals surface area contributed by atoms with Crippen LogP contribution in [-0.2, 0) is 6.42 Å². The Morgan fingerprint density at radius 1 is 1.28 bits per heavy atom. The van der Waals surface area contributed by atoms with E-state index in [1.807, 2.05) is 0 Å². The smallest absolute Gasteiger partial charge is 0.0456 e. The van der Waals surface area contributed by atoms with E-state index in [0.29, 0.717) is 6.04 Å². The van der Waals surface area contributed by atoms with Crippen LogP contribution >= 0.6 is 43.2 Å². The molecule has 0 radical (unpaired) electrons. The zero-order valence-corrected chi connectivity index (χ0v) is 14.1. The lowest BCUT2D eigenvalue weighted by molar-refractivity contribution is 0.557. The predicted molar refractivity (Wildman–Crippen MR) is 86.3 cm³/mol. The molecule has 96 valence electrons. The molecule has 1 nitrogen and oxygen atoms in total. The van der Waals surface area contributed by atoms with Gasteiger partial charge in [-0.1, -0.05) is 41.1 Å². The van der Waals surface area contributed by atoms with Crippen molar-refractivity contribution in [3.8, 4) is 0 Å². The predicted octanol–water partition coefficient (Wildman–Crippen LogP) is 5.17. The third-order valence-corrected chi connectivity index (χ3v) is 5.34. The molecule has 1 aromatic heterocycles. The Kier molecular flexibility index (Phi) is 5.42. The van der Waals surface area contributed by atoms with Crippen molar-refractivity contribution in [1.29, 1.82) is 0 Å². The SMILES string of the molecule is CCNC(Cc1ccccc1Br)c1cc(Br)cs1. The van der Waals surface area contributed by atoms with E-state index in [9.17, 15) is 0 Å². The molecule has 0 saturated carbocycles. The van der Waals surface area contributed by atoms with Gasteiger partial charge in [-0.3, -0.25) is 0 Å². The summed E-state index contributed by atoms with van der Waals surface area (Å²) in [5.41, 5.74) is 1.34. The van der Waals surface area contributed by atoms with Gasteiger partial charge in [-0.15, -0.1) is 11.3 Å². The molecule has 0 aliphatic carbocycles. The van der Waals surface area contributed by atoms with Crippen molar-refractivity contribution in [2.24, 2.45) is 0 Å². The lowest BCUT2D eigenvalue weighted by Gasteiger charge is -2.17. The first-order valence-corrected chi connectivity index (χ1v) is 8.38. The molecule has 0 spiro atoms. The van der Waals surface area contributed by atoms with Crippen molar-refractivity contribution in [3.05, 3.63) is 55.1 Å². The van der Waals surface area contributed by atoms with Crippen molar-refractivity contribution in [2.75, 3.05) is 6.54 Å². The highest BCUT2D eigenvalue weighted by Crippen LogP contribution is 2.29. The molecule has 1 N–H and O–H groups in total. The molecule has 1 unspecified atom stereocenters. The summed E-state index contributed by atoms with van der Waals surface area (Å²) in [5.74, 6) is 0. The second-order valence-electron chi connectivity index (χ2n) is 4.07. The van der Waals surface area contributed by atoms with Gasteiger partial charge in [-0.25, -0.2) is 0 Å². The molecule has 1 aromatic carbocycles. The van der Waals surface area contributed by atoms with Crippen LogP contribution in [-0.4, -0.2) is 6.54 Å². The monoisotopic (exact) mass is 387 g/mol. The summed E-state index contributed by atoms with van der Waals surface area (Å²) in [7, 11) is 0. The zero-order valence-electron chi connectivity index (χ0n) is 10.1. The normalized spacial score (nSPS) is 12.6. The van der Waals surface area contributed by atoms with Crippen molar-refractivity contribution in [2.45, 2.75) is 19.4 Å². The Morgan fingerprint density at radius 2 is 2.06 bits per heavy atom. The fraction of sp³-hybridized carbons (Fsp3) is 0.286. The van der Waals surface area contributed by atoms with E-state index in [4.69, 9.17) is 0 Å². The molecule has 0 aliphatic heterocycles. The van der Waals surface area contributed by atoms with Crippen molar-refractivity contribution in [1.82, 2.24) is 5.32 Å². The Balaban J connectivity index is 2.19. The second kappa shape index (κ2) is 6.85. The number of thiophene rings is 1. The maximum Gasteiger partial charge on any atom is 0.0456 e. The molecule has 1 heterocycles. The van der Waals surface area contributed by atoms with Gasteiger partial charge in [0.05, 0.1) is 0 Å². The third-order valence-electron chi connectivity index (χ3n) is 2.76. The van der Waals surface area contributed by atoms with E-state index in [2.05, 4.69) is 79.8 Å². The van der Waals surface area contributed by atoms with Crippen molar-refractivity contribution >= 4 is 43.2 Å². The number of nitrogens with one attached hydrogen (secondary N) is 1. The Hall–Kier alpha value is -0.160. The standard InChI is InChI=1S/C14H15Br2NS/c1-2-17-13(14-8-11(15)9-18-14)7-10-5-3-4-6-12(10)16/h3-6,8-9,13,17H,2,7H2,1H3. The summed E-state index contributed by atoms with van der Waals surface area (Å²) in [6, 6.07) is 11.0. The summed E-state index contributed by atoms with van der Waals surface area (Å²) in [5, 5.41) is 5.70. The Labute approximate surface area is 129 Å². The molecule has 0 saturated heterocycles. The quantitative estimate of drug-likeness (QED) is 0.745. The molecule has 4 heteroatoms. The Morgan fingerprint density at radius 3 is 2.67 bits per heavy atom. The highest BCUT2D eigenvalue weighted by Gasteiger charge is 2.14. The van der Waals surface area contributed by atoms with E-state index in [1.54, 1.807) is 11.3 Å². The minimum atomic E-state index is 0.380. The number of hydrogen-bond acceptors (Lipinski definition) is 2. The van der Waals surface area contributed by atoms with Crippen LogP contribution < -0.4 is 5.32 Å². The van der Waals surface area contributed by atoms with E-state index in [-0.39, 0.29) is 0 Å². The Bertz CT molecular complexity index is 510. The fourth-order valence-electron chi connectivity index (χ4n) is 1.91. The van der Waals surface area contributed by atoms with E-state index < -0.39 is 0 Å². The number of halogens is 2. The molecule has 0 aliphatic rings. The molecule has 2 aromatic rings. The topological polar surface area (TPSA) is 12.0 Å². The van der Waals surface area contributed by atoms with Crippen molar-refractivity contribution < 1.29 is 0 Å². The van der Waals surface area contributed by atoms with Gasteiger partial charge in [-0.2, -0.15) is 0 Å². The first-order chi connectivity index (χ1) is 8.70. The van der Waals surface area contributed by atoms with Crippen LogP contribution in [0.5, 0.6) is 0 Å². The summed E-state index contributed by atoms with van der Waals surface area (Å²) in [6.45, 7) is 3.13. The van der Waals surface area contributed by atoms with E-state index >= 15 is 0 Å². The van der Waals surface area contributed by atoms with Gasteiger partial charge in [0.1, 0.15) is 0 Å². The van der Waals surface area contributed by atoms with Gasteiger partial charge in [0.2, 0.25) is 0 Å². The summed E-state index contributed by atoms with van der Waals surface area (Å²) >= 11 is 8.94. The second-order valence-corrected chi connectivity index (χ2v) is 6.79. The third kappa shape index (κ3) is 3.67. The molecule has 0 bridgehead atoms. The summed E-state index contributed by atoms with van der Waals surface area (Å²) in [4.78, 5) is 1.37. The fourth-order valence-corrected chi connectivity index (χ4v) is 3.88. The number of rotatable bonds is 5. The van der Waals surface area contributed by atoms with Crippen LogP contribution in [0.3, 0.4) is 0 Å². The molecular weight excluding hydrogens is 374 g/mol. The maximum absolute atomic E-state index is 3.62. The van der Waals surface area contributed by atoms with Gasteiger partial charge in [0.15, 0.2) is 0 Å². The first-order valence-electron chi connectivity index (χ1n) is 5.91. The molecular formula is C14H15Br2NS. The lowest BCUT2D eigenvalue weighted by atomic mass is 10.0. The number of benzene rings is 1. The number of hydrogen-bond donors (Lipinski definition) is 1. The zero-order chi connectivity index (χ0) is 13.0. The van der Waals surface area contributed by atoms with Gasteiger partial charge in [0, 0.05) is 25.2 Å². The minimum Gasteiger partial charge on any atom is -0.309 e. The first kappa shape index (κ1) is 14.3. The van der Waals surface area contributed by atoms with Crippen LogP contribution in [0, 0.1) is 0 Å². The summed E-state index contributed by atoms with van der Waals surface area (Å²) in [6.07, 6.45) is 1.00. The van der Waals surface area contributed by atoms with Crippen LogP contribution in [0.1, 0.15) is 23.4 Å². The average Bonchev–Trinajstić information content (AvgIpc) is 2.78. The molecule has 0 fully saturated rings. The summed E-state index contributed by atoms with van der Waals surface area (Å²) < 4.78 is 2.35. The molecule has 2 rings (SSSR count). The molecule has 0 amide bonds. The van der Waals surface area contributed by atoms with Crippen LogP contribution in [0.4, 0.5) is 0 Å². The van der Waals surface area contributed by atoms with E-state index in [0.717, 1.165) is 17.4 Å².